The van der Waals surface area contributed by atoms with Crippen molar-refractivity contribution in [2.24, 2.45) is 0 Å². The summed E-state index contributed by atoms with van der Waals surface area (Å²) in [4.78, 5) is 8.62. The quantitative estimate of drug-likeness (QED) is 0.915. The second-order valence-electron chi connectivity index (χ2n) is 4.98. The first-order chi connectivity index (χ1) is 9.38. The first-order valence-electron chi connectivity index (χ1n) is 6.80. The summed E-state index contributed by atoms with van der Waals surface area (Å²) in [6, 6.07) is 4.26. The summed E-state index contributed by atoms with van der Waals surface area (Å²) in [5, 5.41) is 7.44. The molecule has 2 aromatic heterocycles. The zero-order valence-electron chi connectivity index (χ0n) is 11.0. The zero-order chi connectivity index (χ0) is 13.1. The van der Waals surface area contributed by atoms with Crippen LogP contribution in [0.25, 0.3) is 11.4 Å². The summed E-state index contributed by atoms with van der Waals surface area (Å²) >= 11 is 0. The maximum Gasteiger partial charge on any atom is 0.231 e. The number of nitrogens with one attached hydrogen (secondary N) is 1. The molecule has 2 unspecified atom stereocenters. The van der Waals surface area contributed by atoms with Crippen LogP contribution in [0.1, 0.15) is 37.5 Å². The van der Waals surface area contributed by atoms with Crippen LogP contribution in [-0.4, -0.2) is 28.2 Å². The Bertz CT molecular complexity index is 525. The molecule has 5 nitrogen and oxygen atoms in total. The molecule has 1 aliphatic rings. The van der Waals surface area contributed by atoms with Gasteiger partial charge in [-0.25, -0.2) is 0 Å². The fourth-order valence-corrected chi connectivity index (χ4v) is 2.77. The van der Waals surface area contributed by atoms with Gasteiger partial charge in [-0.15, -0.1) is 0 Å². The Balaban J connectivity index is 1.84. The van der Waals surface area contributed by atoms with E-state index in [0.717, 1.165) is 17.9 Å². The van der Waals surface area contributed by atoms with Crippen LogP contribution in [0.5, 0.6) is 0 Å². The summed E-state index contributed by atoms with van der Waals surface area (Å²) in [6.45, 7) is 0. The molecule has 0 aliphatic heterocycles. The van der Waals surface area contributed by atoms with E-state index in [9.17, 15) is 0 Å². The van der Waals surface area contributed by atoms with Crippen molar-refractivity contribution >= 4 is 0 Å². The number of nitrogens with zero attached hydrogens (tertiary/aromatic N) is 3. The maximum absolute atomic E-state index is 5.46. The Hall–Kier alpha value is -1.75. The number of aromatic nitrogens is 3. The van der Waals surface area contributed by atoms with Gasteiger partial charge in [0, 0.05) is 24.0 Å². The summed E-state index contributed by atoms with van der Waals surface area (Å²) in [6.07, 6.45) is 8.28. The maximum atomic E-state index is 5.46. The van der Waals surface area contributed by atoms with E-state index >= 15 is 0 Å². The van der Waals surface area contributed by atoms with E-state index in [1.165, 1.54) is 19.3 Å². The smallest absolute Gasteiger partial charge is 0.231 e. The Kier molecular flexibility index (Phi) is 3.55. The fourth-order valence-electron chi connectivity index (χ4n) is 2.77. The minimum atomic E-state index is 0.330. The third-order valence-corrected chi connectivity index (χ3v) is 3.82. The first kappa shape index (κ1) is 12.3. The molecule has 2 heterocycles. The molecule has 1 aliphatic carbocycles. The SMILES string of the molecule is CNC1CCCCC1c1nc(-c2cccnc2)no1. The van der Waals surface area contributed by atoms with Crippen molar-refractivity contribution in [1.29, 1.82) is 0 Å². The Morgan fingerprint density at radius 1 is 1.32 bits per heavy atom. The highest BCUT2D eigenvalue weighted by molar-refractivity contribution is 5.51. The average Bonchev–Trinajstić information content (AvgIpc) is 2.98. The molecule has 1 saturated carbocycles. The summed E-state index contributed by atoms with van der Waals surface area (Å²) in [5.41, 5.74) is 0.898. The minimum absolute atomic E-state index is 0.330. The monoisotopic (exact) mass is 258 g/mol. The molecule has 0 bridgehead atoms. The van der Waals surface area contributed by atoms with Gasteiger partial charge in [0.1, 0.15) is 0 Å². The van der Waals surface area contributed by atoms with E-state index in [2.05, 4.69) is 20.4 Å². The largest absolute Gasteiger partial charge is 0.339 e. The van der Waals surface area contributed by atoms with Gasteiger partial charge in [-0.3, -0.25) is 4.98 Å². The molecule has 0 saturated heterocycles. The van der Waals surface area contributed by atoms with Crippen molar-refractivity contribution in [3.8, 4) is 11.4 Å². The standard InChI is InChI=1S/C14H18N4O/c1-15-12-7-3-2-6-11(12)14-17-13(18-19-14)10-5-4-8-16-9-10/h4-5,8-9,11-12,15H,2-3,6-7H2,1H3. The van der Waals surface area contributed by atoms with E-state index in [0.29, 0.717) is 17.8 Å². The number of pyridine rings is 1. The van der Waals surface area contributed by atoms with Gasteiger partial charge in [-0.1, -0.05) is 18.0 Å². The molecule has 0 amide bonds. The Morgan fingerprint density at radius 2 is 2.21 bits per heavy atom. The van der Waals surface area contributed by atoms with E-state index in [1.54, 1.807) is 12.4 Å². The van der Waals surface area contributed by atoms with Crippen LogP contribution >= 0.6 is 0 Å². The van der Waals surface area contributed by atoms with E-state index in [-0.39, 0.29) is 0 Å². The number of hydrogen-bond donors (Lipinski definition) is 1. The molecule has 19 heavy (non-hydrogen) atoms. The highest BCUT2D eigenvalue weighted by Gasteiger charge is 2.29. The molecule has 3 rings (SSSR count). The minimum Gasteiger partial charge on any atom is -0.339 e. The van der Waals surface area contributed by atoms with Gasteiger partial charge in [0.25, 0.3) is 0 Å². The first-order valence-corrected chi connectivity index (χ1v) is 6.80. The normalized spacial score (nSPS) is 23.4. The number of hydrogen-bond acceptors (Lipinski definition) is 5. The predicted molar refractivity (Wildman–Crippen MR) is 71.6 cm³/mol. The van der Waals surface area contributed by atoms with Gasteiger partial charge in [0.15, 0.2) is 0 Å². The van der Waals surface area contributed by atoms with Crippen molar-refractivity contribution in [2.75, 3.05) is 7.05 Å². The highest BCUT2D eigenvalue weighted by atomic mass is 16.5. The lowest BCUT2D eigenvalue weighted by Crippen LogP contribution is -2.34. The van der Waals surface area contributed by atoms with E-state index in [1.807, 2.05) is 19.2 Å². The summed E-state index contributed by atoms with van der Waals surface area (Å²) in [5.74, 6) is 1.71. The molecule has 0 aromatic carbocycles. The van der Waals surface area contributed by atoms with Gasteiger partial charge in [-0.2, -0.15) is 4.98 Å². The molecule has 0 radical (unpaired) electrons. The lowest BCUT2D eigenvalue weighted by molar-refractivity contribution is 0.270. The van der Waals surface area contributed by atoms with E-state index in [4.69, 9.17) is 4.52 Å². The average molecular weight is 258 g/mol. The summed E-state index contributed by atoms with van der Waals surface area (Å²) < 4.78 is 5.46. The van der Waals surface area contributed by atoms with Crippen LogP contribution in [0.4, 0.5) is 0 Å². The Morgan fingerprint density at radius 3 is 3.00 bits per heavy atom. The van der Waals surface area contributed by atoms with Crippen LogP contribution in [0.15, 0.2) is 29.0 Å². The van der Waals surface area contributed by atoms with Crippen molar-refractivity contribution < 1.29 is 4.52 Å². The number of likely N-dealkylation sites (N-methyl/N-ethyl adjacent to an activating group) is 1. The van der Waals surface area contributed by atoms with Crippen LogP contribution in [0.3, 0.4) is 0 Å². The molecule has 1 N–H and O–H groups in total. The van der Waals surface area contributed by atoms with Crippen molar-refractivity contribution in [3.63, 3.8) is 0 Å². The lowest BCUT2D eigenvalue weighted by Gasteiger charge is -2.28. The fraction of sp³-hybridized carbons (Fsp3) is 0.500. The third-order valence-electron chi connectivity index (χ3n) is 3.82. The summed E-state index contributed by atoms with van der Waals surface area (Å²) in [7, 11) is 2.00. The van der Waals surface area contributed by atoms with Gasteiger partial charge in [-0.05, 0) is 32.0 Å². The van der Waals surface area contributed by atoms with Crippen LogP contribution in [-0.2, 0) is 0 Å². The molecule has 2 aromatic rings. The van der Waals surface area contributed by atoms with Gasteiger partial charge in [0.05, 0.1) is 5.92 Å². The van der Waals surface area contributed by atoms with Gasteiger partial charge < -0.3 is 9.84 Å². The second kappa shape index (κ2) is 5.48. The third kappa shape index (κ3) is 2.51. The van der Waals surface area contributed by atoms with E-state index < -0.39 is 0 Å². The molecular weight excluding hydrogens is 240 g/mol. The second-order valence-corrected chi connectivity index (χ2v) is 4.98. The molecule has 100 valence electrons. The molecule has 0 spiro atoms. The molecule has 2 atom stereocenters. The predicted octanol–water partition coefficient (Wildman–Crippen LogP) is 2.38. The van der Waals surface area contributed by atoms with Gasteiger partial charge in [0.2, 0.25) is 11.7 Å². The van der Waals surface area contributed by atoms with Crippen molar-refractivity contribution in [1.82, 2.24) is 20.4 Å². The number of rotatable bonds is 3. The van der Waals surface area contributed by atoms with Crippen LogP contribution in [0, 0.1) is 0 Å². The highest BCUT2D eigenvalue weighted by Crippen LogP contribution is 2.32. The van der Waals surface area contributed by atoms with Crippen molar-refractivity contribution in [3.05, 3.63) is 30.4 Å². The topological polar surface area (TPSA) is 63.8 Å². The zero-order valence-corrected chi connectivity index (χ0v) is 11.0. The molecule has 1 fully saturated rings. The van der Waals surface area contributed by atoms with Crippen LogP contribution in [0.2, 0.25) is 0 Å². The Labute approximate surface area is 112 Å². The van der Waals surface area contributed by atoms with Gasteiger partial charge >= 0.3 is 0 Å². The van der Waals surface area contributed by atoms with Crippen molar-refractivity contribution in [2.45, 2.75) is 37.6 Å². The van der Waals surface area contributed by atoms with Crippen LogP contribution < -0.4 is 5.32 Å². The molecule has 5 heteroatoms. The molecular formula is C14H18N4O. The lowest BCUT2D eigenvalue weighted by atomic mass is 9.84.